The molecule has 1 aromatic heterocycles. The van der Waals surface area contributed by atoms with Crippen LogP contribution in [-0.2, 0) is 13.0 Å². The van der Waals surface area contributed by atoms with Gasteiger partial charge >= 0.3 is 0 Å². The lowest BCUT2D eigenvalue weighted by Gasteiger charge is -2.17. The average molecular weight is 322 g/mol. The second-order valence-electron chi connectivity index (χ2n) is 6.05. The van der Waals surface area contributed by atoms with Crippen molar-refractivity contribution in [2.45, 2.75) is 13.0 Å². The summed E-state index contributed by atoms with van der Waals surface area (Å²) in [5.41, 5.74) is 7.72. The summed E-state index contributed by atoms with van der Waals surface area (Å²) in [7, 11) is 2.06. The molecular formula is C19H22N4O. The second kappa shape index (κ2) is 7.27. The summed E-state index contributed by atoms with van der Waals surface area (Å²) in [6.07, 6.45) is 2.71. The van der Waals surface area contributed by atoms with Crippen LogP contribution >= 0.6 is 0 Å². The SMILES string of the molecule is CN(CCc1ccc(N)cc1)CCn1ncc2ccccc2c1=O. The van der Waals surface area contributed by atoms with Gasteiger partial charge in [0.25, 0.3) is 5.56 Å². The first-order valence-electron chi connectivity index (χ1n) is 8.11. The van der Waals surface area contributed by atoms with Crippen LogP contribution in [0.25, 0.3) is 10.8 Å². The highest BCUT2D eigenvalue weighted by Gasteiger charge is 2.05. The highest BCUT2D eigenvalue weighted by atomic mass is 16.1. The summed E-state index contributed by atoms with van der Waals surface area (Å²) in [6, 6.07) is 15.5. The molecule has 24 heavy (non-hydrogen) atoms. The van der Waals surface area contributed by atoms with Crippen LogP contribution < -0.4 is 11.3 Å². The molecule has 0 amide bonds. The number of hydrogen-bond donors (Lipinski definition) is 1. The molecule has 0 saturated heterocycles. The van der Waals surface area contributed by atoms with Gasteiger partial charge in [0.05, 0.1) is 18.1 Å². The van der Waals surface area contributed by atoms with Gasteiger partial charge in [-0.25, -0.2) is 4.68 Å². The summed E-state index contributed by atoms with van der Waals surface area (Å²) in [5.74, 6) is 0. The van der Waals surface area contributed by atoms with Crippen LogP contribution in [0.1, 0.15) is 5.56 Å². The third kappa shape index (κ3) is 3.81. The molecule has 0 aliphatic carbocycles. The van der Waals surface area contributed by atoms with Crippen molar-refractivity contribution in [3.63, 3.8) is 0 Å². The van der Waals surface area contributed by atoms with E-state index in [1.54, 1.807) is 10.9 Å². The summed E-state index contributed by atoms with van der Waals surface area (Å²) >= 11 is 0. The fourth-order valence-electron chi connectivity index (χ4n) is 2.67. The van der Waals surface area contributed by atoms with Crippen LogP contribution in [0.5, 0.6) is 0 Å². The Bertz CT molecular complexity index is 870. The zero-order valence-electron chi connectivity index (χ0n) is 13.9. The molecule has 5 nitrogen and oxygen atoms in total. The zero-order valence-corrected chi connectivity index (χ0v) is 13.9. The predicted molar refractivity (Wildman–Crippen MR) is 98.1 cm³/mol. The molecule has 124 valence electrons. The molecule has 0 atom stereocenters. The van der Waals surface area contributed by atoms with Crippen molar-refractivity contribution < 1.29 is 0 Å². The monoisotopic (exact) mass is 322 g/mol. The lowest BCUT2D eigenvalue weighted by Crippen LogP contribution is -2.31. The van der Waals surface area contributed by atoms with Gasteiger partial charge in [-0.05, 0) is 37.2 Å². The molecule has 1 heterocycles. The number of benzene rings is 2. The molecule has 0 aliphatic rings. The average Bonchev–Trinajstić information content (AvgIpc) is 2.61. The number of likely N-dealkylation sites (N-methyl/N-ethyl adjacent to an activating group) is 1. The van der Waals surface area contributed by atoms with Crippen LogP contribution in [0, 0.1) is 0 Å². The van der Waals surface area contributed by atoms with E-state index in [-0.39, 0.29) is 5.56 Å². The Labute approximate surface area is 141 Å². The maximum Gasteiger partial charge on any atom is 0.274 e. The molecule has 0 bridgehead atoms. The molecule has 0 unspecified atom stereocenters. The van der Waals surface area contributed by atoms with Gasteiger partial charge in [-0.1, -0.05) is 30.3 Å². The van der Waals surface area contributed by atoms with Crippen molar-refractivity contribution in [1.82, 2.24) is 14.7 Å². The van der Waals surface area contributed by atoms with Crippen molar-refractivity contribution in [2.75, 3.05) is 25.9 Å². The van der Waals surface area contributed by atoms with Crippen LogP contribution in [0.4, 0.5) is 5.69 Å². The summed E-state index contributed by atoms with van der Waals surface area (Å²) in [4.78, 5) is 14.6. The van der Waals surface area contributed by atoms with E-state index in [0.717, 1.165) is 36.0 Å². The number of fused-ring (bicyclic) bond motifs is 1. The summed E-state index contributed by atoms with van der Waals surface area (Å²) < 4.78 is 1.54. The van der Waals surface area contributed by atoms with Crippen molar-refractivity contribution >= 4 is 16.5 Å². The smallest absolute Gasteiger partial charge is 0.274 e. The highest BCUT2D eigenvalue weighted by Crippen LogP contribution is 2.07. The molecule has 2 aromatic carbocycles. The molecule has 0 spiro atoms. The molecule has 0 saturated carbocycles. The third-order valence-electron chi connectivity index (χ3n) is 4.22. The first-order chi connectivity index (χ1) is 11.6. The van der Waals surface area contributed by atoms with Gasteiger partial charge in [-0.2, -0.15) is 5.10 Å². The third-order valence-corrected chi connectivity index (χ3v) is 4.22. The van der Waals surface area contributed by atoms with E-state index < -0.39 is 0 Å². The normalized spacial score (nSPS) is 11.2. The van der Waals surface area contributed by atoms with Crippen LogP contribution in [0.15, 0.2) is 59.5 Å². The predicted octanol–water partition coefficient (Wildman–Crippen LogP) is 2.15. The molecule has 0 radical (unpaired) electrons. The van der Waals surface area contributed by atoms with Crippen molar-refractivity contribution in [3.8, 4) is 0 Å². The van der Waals surface area contributed by atoms with Crippen molar-refractivity contribution in [3.05, 3.63) is 70.6 Å². The van der Waals surface area contributed by atoms with Gasteiger partial charge < -0.3 is 10.6 Å². The molecule has 2 N–H and O–H groups in total. The Kier molecular flexibility index (Phi) is 4.91. The quantitative estimate of drug-likeness (QED) is 0.706. The topological polar surface area (TPSA) is 64.2 Å². The van der Waals surface area contributed by atoms with Crippen LogP contribution in [0.3, 0.4) is 0 Å². The van der Waals surface area contributed by atoms with E-state index in [1.165, 1.54) is 5.56 Å². The molecule has 3 aromatic rings. The summed E-state index contributed by atoms with van der Waals surface area (Å²) in [5, 5.41) is 5.87. The zero-order chi connectivity index (χ0) is 16.9. The Morgan fingerprint density at radius 1 is 1.08 bits per heavy atom. The van der Waals surface area contributed by atoms with Crippen molar-refractivity contribution in [1.29, 1.82) is 0 Å². The fourth-order valence-corrected chi connectivity index (χ4v) is 2.67. The van der Waals surface area contributed by atoms with E-state index in [2.05, 4.69) is 29.2 Å². The number of hydrogen-bond acceptors (Lipinski definition) is 4. The minimum atomic E-state index is -0.0277. The first-order valence-corrected chi connectivity index (χ1v) is 8.11. The maximum atomic E-state index is 12.4. The molecule has 5 heteroatoms. The van der Waals surface area contributed by atoms with Gasteiger partial charge in [0, 0.05) is 24.2 Å². The number of aromatic nitrogens is 2. The van der Waals surface area contributed by atoms with E-state index in [0.29, 0.717) is 6.54 Å². The van der Waals surface area contributed by atoms with Gasteiger partial charge in [0.15, 0.2) is 0 Å². The maximum absolute atomic E-state index is 12.4. The molecule has 0 fully saturated rings. The van der Waals surface area contributed by atoms with Gasteiger partial charge in [-0.15, -0.1) is 0 Å². The number of nitrogen functional groups attached to an aromatic ring is 1. The Balaban J connectivity index is 1.58. The van der Waals surface area contributed by atoms with Gasteiger partial charge in [0.1, 0.15) is 0 Å². The lowest BCUT2D eigenvalue weighted by molar-refractivity contribution is 0.313. The Morgan fingerprint density at radius 2 is 1.83 bits per heavy atom. The van der Waals surface area contributed by atoms with Gasteiger partial charge in [0.2, 0.25) is 0 Å². The number of anilines is 1. The number of nitrogens with zero attached hydrogens (tertiary/aromatic N) is 3. The number of nitrogens with two attached hydrogens (primary N) is 1. The standard InChI is InChI=1S/C19H22N4O/c1-22(11-10-15-6-8-17(20)9-7-15)12-13-23-19(24)18-5-3-2-4-16(18)14-21-23/h2-9,14H,10-13,20H2,1H3. The first kappa shape index (κ1) is 16.2. The van der Waals surface area contributed by atoms with Gasteiger partial charge in [-0.3, -0.25) is 4.79 Å². The molecular weight excluding hydrogens is 300 g/mol. The minimum absolute atomic E-state index is 0.0277. The van der Waals surface area contributed by atoms with E-state index in [4.69, 9.17) is 5.73 Å². The van der Waals surface area contributed by atoms with Crippen LogP contribution in [-0.4, -0.2) is 34.8 Å². The largest absolute Gasteiger partial charge is 0.399 e. The molecule has 3 rings (SSSR count). The second-order valence-corrected chi connectivity index (χ2v) is 6.05. The van der Waals surface area contributed by atoms with E-state index >= 15 is 0 Å². The Hall–Kier alpha value is -2.66. The minimum Gasteiger partial charge on any atom is -0.399 e. The summed E-state index contributed by atoms with van der Waals surface area (Å²) in [6.45, 7) is 2.29. The highest BCUT2D eigenvalue weighted by molar-refractivity contribution is 5.80. The van der Waals surface area contributed by atoms with Crippen molar-refractivity contribution in [2.24, 2.45) is 0 Å². The lowest BCUT2D eigenvalue weighted by atomic mass is 10.1. The number of rotatable bonds is 6. The van der Waals surface area contributed by atoms with E-state index in [9.17, 15) is 4.79 Å². The fraction of sp³-hybridized carbons (Fsp3) is 0.263. The Morgan fingerprint density at radius 3 is 2.62 bits per heavy atom. The molecule has 0 aliphatic heterocycles. The van der Waals surface area contributed by atoms with E-state index in [1.807, 2.05) is 36.4 Å². The van der Waals surface area contributed by atoms with Crippen LogP contribution in [0.2, 0.25) is 0 Å².